The predicted octanol–water partition coefficient (Wildman–Crippen LogP) is 2.97. The molecule has 2 aromatic carbocycles. The third kappa shape index (κ3) is 4.38. The second-order valence-corrected chi connectivity index (χ2v) is 7.05. The van der Waals surface area contributed by atoms with E-state index in [2.05, 4.69) is 27.3 Å². The zero-order valence-corrected chi connectivity index (χ0v) is 15.9. The van der Waals surface area contributed by atoms with Crippen molar-refractivity contribution in [3.8, 4) is 0 Å². The van der Waals surface area contributed by atoms with Gasteiger partial charge < -0.3 is 10.1 Å². The Bertz CT molecular complexity index is 918. The van der Waals surface area contributed by atoms with Crippen LogP contribution < -0.4 is 5.32 Å². The van der Waals surface area contributed by atoms with Crippen molar-refractivity contribution in [3.63, 3.8) is 0 Å². The maximum Gasteiger partial charge on any atom is 0.224 e. The van der Waals surface area contributed by atoms with Crippen LogP contribution in [0.1, 0.15) is 17.2 Å². The van der Waals surface area contributed by atoms with Crippen LogP contribution in [0.4, 0.5) is 0 Å². The Morgan fingerprint density at radius 1 is 1.04 bits per heavy atom. The van der Waals surface area contributed by atoms with Gasteiger partial charge in [0.05, 0.1) is 31.2 Å². The second-order valence-electron chi connectivity index (χ2n) is 7.05. The molecule has 1 aliphatic rings. The number of para-hydroxylation sites is 1. The number of rotatable bonds is 6. The second kappa shape index (κ2) is 8.95. The number of amides is 1. The Kier molecular flexibility index (Phi) is 5.95. The summed E-state index contributed by atoms with van der Waals surface area (Å²) in [5.74, 6) is 0.0207. The fourth-order valence-electron chi connectivity index (χ4n) is 3.78. The smallest absolute Gasteiger partial charge is 0.224 e. The molecule has 1 fully saturated rings. The number of morpholine rings is 1. The molecule has 0 saturated carbocycles. The van der Waals surface area contributed by atoms with Gasteiger partial charge in [-0.2, -0.15) is 0 Å². The Balaban J connectivity index is 1.45. The van der Waals surface area contributed by atoms with E-state index in [0.29, 0.717) is 13.0 Å². The summed E-state index contributed by atoms with van der Waals surface area (Å²) in [5.41, 5.74) is 3.07. The van der Waals surface area contributed by atoms with Gasteiger partial charge in [0.15, 0.2) is 0 Å². The first-order valence-corrected chi connectivity index (χ1v) is 9.77. The molecule has 0 radical (unpaired) electrons. The number of carbonyl (C=O) groups is 1. The number of nitrogens with zero attached hydrogens (tertiary/aromatic N) is 2. The number of carbonyl (C=O) groups excluding carboxylic acids is 1. The number of ether oxygens (including phenoxy) is 1. The van der Waals surface area contributed by atoms with Crippen LogP contribution in [-0.2, 0) is 16.0 Å². The Hall–Kier alpha value is -2.76. The molecule has 1 N–H and O–H groups in total. The van der Waals surface area contributed by atoms with Gasteiger partial charge in [-0.15, -0.1) is 0 Å². The lowest BCUT2D eigenvalue weighted by Gasteiger charge is -2.35. The topological polar surface area (TPSA) is 54.5 Å². The van der Waals surface area contributed by atoms with Crippen molar-refractivity contribution in [1.82, 2.24) is 15.2 Å². The van der Waals surface area contributed by atoms with Crippen LogP contribution in [0.3, 0.4) is 0 Å². The van der Waals surface area contributed by atoms with Crippen LogP contribution in [-0.4, -0.2) is 48.6 Å². The number of nitrogens with one attached hydrogen (secondary N) is 1. The van der Waals surface area contributed by atoms with Crippen molar-refractivity contribution in [2.45, 2.75) is 12.5 Å². The molecule has 1 saturated heterocycles. The number of hydrogen-bond acceptors (Lipinski definition) is 4. The third-order valence-corrected chi connectivity index (χ3v) is 5.23. The Morgan fingerprint density at radius 2 is 1.82 bits per heavy atom. The summed E-state index contributed by atoms with van der Waals surface area (Å²) in [7, 11) is 0. The van der Waals surface area contributed by atoms with Crippen molar-refractivity contribution in [1.29, 1.82) is 0 Å². The fourth-order valence-corrected chi connectivity index (χ4v) is 3.78. The number of benzene rings is 2. The van der Waals surface area contributed by atoms with E-state index in [9.17, 15) is 4.79 Å². The van der Waals surface area contributed by atoms with Crippen molar-refractivity contribution >= 4 is 16.8 Å². The number of fused-ring (bicyclic) bond motifs is 1. The van der Waals surface area contributed by atoms with Crippen molar-refractivity contribution in [3.05, 3.63) is 78.0 Å². The first kappa shape index (κ1) is 18.6. The molecular formula is C23H25N3O2. The van der Waals surface area contributed by atoms with Crippen LogP contribution >= 0.6 is 0 Å². The normalized spacial score (nSPS) is 16.0. The molecule has 1 unspecified atom stereocenters. The summed E-state index contributed by atoms with van der Waals surface area (Å²) >= 11 is 0. The van der Waals surface area contributed by atoms with Gasteiger partial charge in [0.1, 0.15) is 0 Å². The zero-order chi connectivity index (χ0) is 19.2. The molecular weight excluding hydrogens is 350 g/mol. The SMILES string of the molecule is O=C(Cc1cccc2cccnc12)NCC(c1ccccc1)N1CCOCC1. The summed E-state index contributed by atoms with van der Waals surface area (Å²) in [6.07, 6.45) is 2.10. The number of pyridine rings is 1. The molecule has 4 rings (SSSR count). The number of aromatic nitrogens is 1. The third-order valence-electron chi connectivity index (χ3n) is 5.23. The van der Waals surface area contributed by atoms with E-state index in [1.54, 1.807) is 6.20 Å². The molecule has 3 aromatic rings. The highest BCUT2D eigenvalue weighted by Gasteiger charge is 2.23. The van der Waals surface area contributed by atoms with Crippen molar-refractivity contribution in [2.24, 2.45) is 0 Å². The summed E-state index contributed by atoms with van der Waals surface area (Å²) in [6.45, 7) is 3.81. The zero-order valence-electron chi connectivity index (χ0n) is 15.9. The molecule has 1 aliphatic heterocycles. The lowest BCUT2D eigenvalue weighted by atomic mass is 10.0. The van der Waals surface area contributed by atoms with Gasteiger partial charge in [0, 0.05) is 31.2 Å². The highest BCUT2D eigenvalue weighted by Crippen LogP contribution is 2.21. The van der Waals surface area contributed by atoms with E-state index in [1.807, 2.05) is 48.5 Å². The largest absolute Gasteiger partial charge is 0.379 e. The van der Waals surface area contributed by atoms with Gasteiger partial charge in [-0.25, -0.2) is 0 Å². The summed E-state index contributed by atoms with van der Waals surface area (Å²) < 4.78 is 5.50. The molecule has 0 aliphatic carbocycles. The van der Waals surface area contributed by atoms with Crippen LogP contribution in [0.5, 0.6) is 0 Å². The van der Waals surface area contributed by atoms with Crippen molar-refractivity contribution in [2.75, 3.05) is 32.8 Å². The van der Waals surface area contributed by atoms with E-state index in [0.717, 1.165) is 42.8 Å². The Labute approximate surface area is 165 Å². The number of hydrogen-bond donors (Lipinski definition) is 1. The monoisotopic (exact) mass is 375 g/mol. The molecule has 1 atom stereocenters. The van der Waals surface area contributed by atoms with E-state index in [-0.39, 0.29) is 11.9 Å². The van der Waals surface area contributed by atoms with Gasteiger partial charge in [-0.3, -0.25) is 14.7 Å². The van der Waals surface area contributed by atoms with Gasteiger partial charge >= 0.3 is 0 Å². The van der Waals surface area contributed by atoms with Crippen LogP contribution in [0.2, 0.25) is 0 Å². The fraction of sp³-hybridized carbons (Fsp3) is 0.304. The molecule has 0 spiro atoms. The van der Waals surface area contributed by atoms with E-state index in [4.69, 9.17) is 4.74 Å². The first-order chi connectivity index (χ1) is 13.8. The summed E-state index contributed by atoms with van der Waals surface area (Å²) in [5, 5.41) is 4.20. The lowest BCUT2D eigenvalue weighted by Crippen LogP contribution is -2.44. The van der Waals surface area contributed by atoms with Gasteiger partial charge in [-0.05, 0) is 17.2 Å². The average Bonchev–Trinajstić information content (AvgIpc) is 2.76. The molecule has 2 heterocycles. The molecule has 0 bridgehead atoms. The maximum atomic E-state index is 12.7. The predicted molar refractivity (Wildman–Crippen MR) is 110 cm³/mol. The summed E-state index contributed by atoms with van der Waals surface area (Å²) in [6, 6.07) is 20.4. The molecule has 1 amide bonds. The van der Waals surface area contributed by atoms with Crippen LogP contribution in [0.25, 0.3) is 10.9 Å². The van der Waals surface area contributed by atoms with Gasteiger partial charge in [-0.1, -0.05) is 54.6 Å². The maximum absolute atomic E-state index is 12.7. The molecule has 5 nitrogen and oxygen atoms in total. The Morgan fingerprint density at radius 3 is 2.64 bits per heavy atom. The van der Waals surface area contributed by atoms with Crippen molar-refractivity contribution < 1.29 is 9.53 Å². The minimum absolute atomic E-state index is 0.0207. The highest BCUT2D eigenvalue weighted by molar-refractivity contribution is 5.87. The van der Waals surface area contributed by atoms with Crippen LogP contribution in [0, 0.1) is 0 Å². The van der Waals surface area contributed by atoms with E-state index < -0.39 is 0 Å². The molecule has 28 heavy (non-hydrogen) atoms. The minimum atomic E-state index is 0.0207. The molecule has 5 heteroatoms. The summed E-state index contributed by atoms with van der Waals surface area (Å²) in [4.78, 5) is 19.5. The average molecular weight is 375 g/mol. The van der Waals surface area contributed by atoms with E-state index in [1.165, 1.54) is 5.56 Å². The molecule has 1 aromatic heterocycles. The van der Waals surface area contributed by atoms with Gasteiger partial charge in [0.2, 0.25) is 5.91 Å². The highest BCUT2D eigenvalue weighted by atomic mass is 16.5. The van der Waals surface area contributed by atoms with Gasteiger partial charge in [0.25, 0.3) is 0 Å². The molecule has 144 valence electrons. The van der Waals surface area contributed by atoms with Crippen LogP contribution in [0.15, 0.2) is 66.9 Å². The van der Waals surface area contributed by atoms with E-state index >= 15 is 0 Å². The quantitative estimate of drug-likeness (QED) is 0.720. The first-order valence-electron chi connectivity index (χ1n) is 9.77. The lowest BCUT2D eigenvalue weighted by molar-refractivity contribution is -0.120. The standard InChI is InChI=1S/C23H25N3O2/c27-22(16-20-9-4-8-19-10-5-11-24-23(19)20)25-17-21(18-6-2-1-3-7-18)26-12-14-28-15-13-26/h1-11,21H,12-17H2,(H,25,27). The minimum Gasteiger partial charge on any atom is -0.379 e.